The van der Waals surface area contributed by atoms with Gasteiger partial charge in [-0.05, 0) is 25.0 Å². The molecule has 0 saturated carbocycles. The maximum atomic E-state index is 13.5. The summed E-state index contributed by atoms with van der Waals surface area (Å²) in [5, 5.41) is 8.99. The minimum atomic E-state index is -0.860. The Labute approximate surface area is 114 Å². The number of carbonyl (C=O) groups excluding carboxylic acids is 1. The van der Waals surface area contributed by atoms with E-state index >= 15 is 0 Å². The molecule has 7 heteroatoms. The average molecular weight is 280 g/mol. The van der Waals surface area contributed by atoms with Crippen molar-refractivity contribution in [3.8, 4) is 0 Å². The van der Waals surface area contributed by atoms with Crippen molar-refractivity contribution < 1.29 is 13.6 Å². The van der Waals surface area contributed by atoms with Gasteiger partial charge in [-0.15, -0.1) is 0 Å². The molecule has 0 aliphatic carbocycles. The van der Waals surface area contributed by atoms with Gasteiger partial charge in [-0.1, -0.05) is 0 Å². The van der Waals surface area contributed by atoms with Crippen LogP contribution in [0, 0.1) is 18.6 Å². The Bertz CT molecular complexity index is 599. The number of amides is 1. The van der Waals surface area contributed by atoms with Gasteiger partial charge >= 0.3 is 0 Å². The van der Waals surface area contributed by atoms with E-state index in [2.05, 4.69) is 20.5 Å². The van der Waals surface area contributed by atoms with E-state index < -0.39 is 17.5 Å². The summed E-state index contributed by atoms with van der Waals surface area (Å²) in [5.74, 6) is -1.35. The first-order chi connectivity index (χ1) is 9.58. The second-order valence-electron chi connectivity index (χ2n) is 4.37. The number of aromatic amines is 1. The van der Waals surface area contributed by atoms with E-state index in [9.17, 15) is 13.6 Å². The molecule has 106 valence electrons. The Kier molecular flexibility index (Phi) is 4.39. The predicted octanol–water partition coefficient (Wildman–Crippen LogP) is 1.75. The summed E-state index contributed by atoms with van der Waals surface area (Å²) >= 11 is 0. The van der Waals surface area contributed by atoms with Gasteiger partial charge < -0.3 is 5.32 Å². The molecular weight excluding hydrogens is 266 g/mol. The average Bonchev–Trinajstić information content (AvgIpc) is 2.92. The van der Waals surface area contributed by atoms with Crippen LogP contribution < -0.4 is 5.32 Å². The second kappa shape index (κ2) is 6.23. The van der Waals surface area contributed by atoms with E-state index in [0.717, 1.165) is 11.9 Å². The highest BCUT2D eigenvalue weighted by Gasteiger charge is 2.14. The number of rotatable bonds is 5. The Morgan fingerprint density at radius 2 is 2.15 bits per heavy atom. The maximum absolute atomic E-state index is 13.5. The highest BCUT2D eigenvalue weighted by Crippen LogP contribution is 2.14. The summed E-state index contributed by atoms with van der Waals surface area (Å²) < 4.78 is 26.6. The SMILES string of the molecule is Cc1cc(C(=O)NCCCc2ncn[nH]2)c(F)cc1F. The molecule has 5 nitrogen and oxygen atoms in total. The number of hydrogen-bond acceptors (Lipinski definition) is 3. The summed E-state index contributed by atoms with van der Waals surface area (Å²) in [6, 6.07) is 1.93. The van der Waals surface area contributed by atoms with Crippen molar-refractivity contribution in [2.75, 3.05) is 6.54 Å². The quantitative estimate of drug-likeness (QED) is 0.820. The fraction of sp³-hybridized carbons (Fsp3) is 0.308. The molecule has 0 radical (unpaired) electrons. The van der Waals surface area contributed by atoms with Crippen LogP contribution in [0.5, 0.6) is 0 Å². The van der Waals surface area contributed by atoms with Gasteiger partial charge in [0.05, 0.1) is 5.56 Å². The van der Waals surface area contributed by atoms with Crippen LogP contribution in [0.15, 0.2) is 18.5 Å². The number of carbonyl (C=O) groups is 1. The number of H-pyrrole nitrogens is 1. The van der Waals surface area contributed by atoms with Gasteiger partial charge in [0.1, 0.15) is 23.8 Å². The van der Waals surface area contributed by atoms with Gasteiger partial charge in [0.2, 0.25) is 0 Å². The summed E-state index contributed by atoms with van der Waals surface area (Å²) in [7, 11) is 0. The first-order valence-electron chi connectivity index (χ1n) is 6.16. The third-order valence-corrected chi connectivity index (χ3v) is 2.83. The van der Waals surface area contributed by atoms with Gasteiger partial charge in [-0.3, -0.25) is 9.89 Å². The molecule has 1 aromatic heterocycles. The van der Waals surface area contributed by atoms with Crippen LogP contribution in [0.4, 0.5) is 8.78 Å². The molecule has 1 heterocycles. The molecule has 20 heavy (non-hydrogen) atoms. The lowest BCUT2D eigenvalue weighted by molar-refractivity contribution is 0.0949. The molecule has 2 rings (SSSR count). The molecule has 0 unspecified atom stereocenters. The molecule has 0 aliphatic rings. The zero-order valence-electron chi connectivity index (χ0n) is 10.9. The lowest BCUT2D eigenvalue weighted by Gasteiger charge is -2.07. The zero-order valence-corrected chi connectivity index (χ0v) is 10.9. The number of benzene rings is 1. The Balaban J connectivity index is 1.87. The summed E-state index contributed by atoms with van der Waals surface area (Å²) in [6.07, 6.45) is 2.68. The Hall–Kier alpha value is -2.31. The number of nitrogens with zero attached hydrogens (tertiary/aromatic N) is 2. The van der Waals surface area contributed by atoms with Crippen LogP contribution in [0.2, 0.25) is 0 Å². The zero-order chi connectivity index (χ0) is 14.5. The number of aromatic nitrogens is 3. The number of halogens is 2. The lowest BCUT2D eigenvalue weighted by atomic mass is 10.1. The van der Waals surface area contributed by atoms with E-state index in [1.165, 1.54) is 19.3 Å². The smallest absolute Gasteiger partial charge is 0.254 e. The lowest BCUT2D eigenvalue weighted by Crippen LogP contribution is -2.26. The van der Waals surface area contributed by atoms with Crippen molar-refractivity contribution in [3.05, 3.63) is 47.0 Å². The van der Waals surface area contributed by atoms with Gasteiger partial charge in [0.15, 0.2) is 0 Å². The normalized spacial score (nSPS) is 10.6. The van der Waals surface area contributed by atoms with Crippen molar-refractivity contribution in [1.29, 1.82) is 0 Å². The second-order valence-corrected chi connectivity index (χ2v) is 4.37. The summed E-state index contributed by atoms with van der Waals surface area (Å²) in [5.41, 5.74) is 0.0850. The van der Waals surface area contributed by atoms with E-state index in [0.29, 0.717) is 19.4 Å². The molecule has 1 aromatic carbocycles. The van der Waals surface area contributed by atoms with Gasteiger partial charge in [-0.25, -0.2) is 13.8 Å². The molecule has 1 amide bonds. The van der Waals surface area contributed by atoms with Crippen molar-refractivity contribution in [2.45, 2.75) is 19.8 Å². The molecular formula is C13H14F2N4O. The molecule has 0 aliphatic heterocycles. The Morgan fingerprint density at radius 1 is 1.35 bits per heavy atom. The first kappa shape index (κ1) is 14.1. The molecule has 0 bridgehead atoms. The minimum absolute atomic E-state index is 0.149. The fourth-order valence-electron chi connectivity index (χ4n) is 1.74. The Morgan fingerprint density at radius 3 is 2.85 bits per heavy atom. The van der Waals surface area contributed by atoms with Crippen molar-refractivity contribution in [2.24, 2.45) is 0 Å². The third-order valence-electron chi connectivity index (χ3n) is 2.83. The fourth-order valence-corrected chi connectivity index (χ4v) is 1.74. The number of aryl methyl sites for hydroxylation is 2. The summed E-state index contributed by atoms with van der Waals surface area (Å²) in [6.45, 7) is 1.85. The molecule has 0 saturated heterocycles. The molecule has 0 fully saturated rings. The predicted molar refractivity (Wildman–Crippen MR) is 68.1 cm³/mol. The first-order valence-corrected chi connectivity index (χ1v) is 6.16. The molecule has 0 spiro atoms. The number of hydrogen-bond donors (Lipinski definition) is 2. The summed E-state index contributed by atoms with van der Waals surface area (Å²) in [4.78, 5) is 15.7. The van der Waals surface area contributed by atoms with Crippen LogP contribution in [0.25, 0.3) is 0 Å². The van der Waals surface area contributed by atoms with Gasteiger partial charge in [-0.2, -0.15) is 5.10 Å². The van der Waals surface area contributed by atoms with E-state index in [4.69, 9.17) is 0 Å². The highest BCUT2D eigenvalue weighted by molar-refractivity contribution is 5.94. The van der Waals surface area contributed by atoms with Crippen molar-refractivity contribution in [3.63, 3.8) is 0 Å². The topological polar surface area (TPSA) is 70.7 Å². The monoisotopic (exact) mass is 280 g/mol. The molecule has 2 aromatic rings. The maximum Gasteiger partial charge on any atom is 0.254 e. The van der Waals surface area contributed by atoms with E-state index in [1.807, 2.05) is 0 Å². The highest BCUT2D eigenvalue weighted by atomic mass is 19.1. The van der Waals surface area contributed by atoms with Crippen LogP contribution in [0.1, 0.15) is 28.2 Å². The van der Waals surface area contributed by atoms with Gasteiger partial charge in [0.25, 0.3) is 5.91 Å². The molecule has 2 N–H and O–H groups in total. The number of nitrogens with one attached hydrogen (secondary N) is 2. The van der Waals surface area contributed by atoms with Crippen molar-refractivity contribution >= 4 is 5.91 Å². The minimum Gasteiger partial charge on any atom is -0.352 e. The largest absolute Gasteiger partial charge is 0.352 e. The van der Waals surface area contributed by atoms with Crippen molar-refractivity contribution in [1.82, 2.24) is 20.5 Å². The van der Waals surface area contributed by atoms with Crippen LogP contribution in [-0.4, -0.2) is 27.6 Å². The van der Waals surface area contributed by atoms with Crippen LogP contribution in [0.3, 0.4) is 0 Å². The van der Waals surface area contributed by atoms with Crippen LogP contribution in [-0.2, 0) is 6.42 Å². The molecule has 0 atom stereocenters. The third kappa shape index (κ3) is 3.37. The van der Waals surface area contributed by atoms with Crippen LogP contribution >= 0.6 is 0 Å². The van der Waals surface area contributed by atoms with E-state index in [-0.39, 0.29) is 11.1 Å². The van der Waals surface area contributed by atoms with Gasteiger partial charge in [0, 0.05) is 19.0 Å². The standard InChI is InChI=1S/C13H14F2N4O/c1-8-5-9(11(15)6-10(8)14)13(20)16-4-2-3-12-17-7-18-19-12/h5-7H,2-4H2,1H3,(H,16,20)(H,17,18,19). The van der Waals surface area contributed by atoms with E-state index in [1.54, 1.807) is 0 Å².